The Morgan fingerprint density at radius 3 is 2.41 bits per heavy atom. The molecule has 1 atom stereocenters. The van der Waals surface area contributed by atoms with E-state index in [0.29, 0.717) is 30.2 Å². The molecule has 1 saturated heterocycles. The van der Waals surface area contributed by atoms with E-state index >= 15 is 0 Å². The topological polar surface area (TPSA) is 49.4 Å². The third-order valence-electron chi connectivity index (χ3n) is 4.24. The smallest absolute Gasteiger partial charge is 0.226 e. The van der Waals surface area contributed by atoms with E-state index in [4.69, 9.17) is 11.6 Å². The number of benzene rings is 1. The zero-order valence-electron chi connectivity index (χ0n) is 13.1. The average molecular weight is 323 g/mol. The number of halogens is 1. The lowest BCUT2D eigenvalue weighted by atomic mass is 9.88. The molecule has 2 rings (SSSR count). The molecule has 0 aliphatic carbocycles. The Bertz CT molecular complexity index is 522. The van der Waals surface area contributed by atoms with Crippen LogP contribution in [0.15, 0.2) is 24.3 Å². The maximum atomic E-state index is 12.5. The first-order chi connectivity index (χ1) is 10.5. The molecule has 1 fully saturated rings. The van der Waals surface area contributed by atoms with Gasteiger partial charge in [-0.15, -0.1) is 0 Å². The highest BCUT2D eigenvalue weighted by atomic mass is 35.5. The second-order valence-electron chi connectivity index (χ2n) is 5.93. The molecular weight excluding hydrogens is 300 g/mol. The van der Waals surface area contributed by atoms with Gasteiger partial charge in [0, 0.05) is 42.1 Å². The van der Waals surface area contributed by atoms with Crippen LogP contribution in [0.5, 0.6) is 0 Å². The summed E-state index contributed by atoms with van der Waals surface area (Å²) in [6.07, 6.45) is 1.47. The van der Waals surface area contributed by atoms with Crippen LogP contribution >= 0.6 is 11.6 Å². The van der Waals surface area contributed by atoms with E-state index < -0.39 is 0 Å². The summed E-state index contributed by atoms with van der Waals surface area (Å²) in [7, 11) is 1.85. The molecule has 1 aliphatic heterocycles. The Morgan fingerprint density at radius 1 is 1.27 bits per heavy atom. The third kappa shape index (κ3) is 4.08. The van der Waals surface area contributed by atoms with Crippen molar-refractivity contribution in [3.63, 3.8) is 0 Å². The van der Waals surface area contributed by atoms with E-state index in [2.05, 4.69) is 5.32 Å². The number of hydrogen-bond acceptors (Lipinski definition) is 3. The van der Waals surface area contributed by atoms with E-state index in [1.165, 1.54) is 0 Å². The van der Waals surface area contributed by atoms with Crippen molar-refractivity contribution in [2.24, 2.45) is 11.8 Å². The van der Waals surface area contributed by atoms with Crippen LogP contribution in [-0.4, -0.2) is 43.3 Å². The lowest BCUT2D eigenvalue weighted by molar-refractivity contribution is -0.136. The lowest BCUT2D eigenvalue weighted by Gasteiger charge is -2.33. The third-order valence-corrected chi connectivity index (χ3v) is 4.49. The van der Waals surface area contributed by atoms with E-state index in [1.807, 2.05) is 18.9 Å². The SMILES string of the molecule is CNCC(C)C(=O)N1CCC(C(=O)c2ccc(Cl)cc2)CC1. The van der Waals surface area contributed by atoms with E-state index in [0.717, 1.165) is 12.8 Å². The van der Waals surface area contributed by atoms with Crippen LogP contribution in [0, 0.1) is 11.8 Å². The molecule has 0 bridgehead atoms. The first-order valence-electron chi connectivity index (χ1n) is 7.76. The molecule has 1 amide bonds. The van der Waals surface area contributed by atoms with Gasteiger partial charge in [0.05, 0.1) is 0 Å². The highest BCUT2D eigenvalue weighted by molar-refractivity contribution is 6.30. The van der Waals surface area contributed by atoms with Gasteiger partial charge in [0.15, 0.2) is 5.78 Å². The van der Waals surface area contributed by atoms with Crippen molar-refractivity contribution < 1.29 is 9.59 Å². The summed E-state index contributed by atoms with van der Waals surface area (Å²) < 4.78 is 0. The summed E-state index contributed by atoms with van der Waals surface area (Å²) in [5.74, 6) is 0.317. The van der Waals surface area contributed by atoms with Gasteiger partial charge in [0.1, 0.15) is 0 Å². The number of nitrogens with one attached hydrogen (secondary N) is 1. The minimum atomic E-state index is -0.0199. The van der Waals surface area contributed by atoms with Gasteiger partial charge in [-0.2, -0.15) is 0 Å². The van der Waals surface area contributed by atoms with Crippen LogP contribution in [0.3, 0.4) is 0 Å². The standard InChI is InChI=1S/C17H23ClN2O2/c1-12(11-19-2)17(22)20-9-7-14(8-10-20)16(21)13-3-5-15(18)6-4-13/h3-6,12,14,19H,7-11H2,1-2H3. The molecule has 5 heteroatoms. The lowest BCUT2D eigenvalue weighted by Crippen LogP contribution is -2.44. The largest absolute Gasteiger partial charge is 0.342 e. The Kier molecular flexibility index (Phi) is 5.98. The zero-order valence-corrected chi connectivity index (χ0v) is 13.9. The molecule has 1 N–H and O–H groups in total. The number of likely N-dealkylation sites (tertiary alicyclic amines) is 1. The van der Waals surface area contributed by atoms with Crippen molar-refractivity contribution in [3.8, 4) is 0 Å². The highest BCUT2D eigenvalue weighted by Crippen LogP contribution is 2.23. The molecule has 4 nitrogen and oxygen atoms in total. The van der Waals surface area contributed by atoms with Gasteiger partial charge in [-0.3, -0.25) is 9.59 Å². The summed E-state index contributed by atoms with van der Waals surface area (Å²) in [5, 5.41) is 3.66. The second-order valence-corrected chi connectivity index (χ2v) is 6.37. The number of nitrogens with zero attached hydrogens (tertiary/aromatic N) is 1. The Morgan fingerprint density at radius 2 is 1.86 bits per heavy atom. The average Bonchev–Trinajstić information content (AvgIpc) is 2.54. The van der Waals surface area contributed by atoms with Gasteiger partial charge in [-0.1, -0.05) is 18.5 Å². The molecule has 0 spiro atoms. The van der Waals surface area contributed by atoms with Crippen molar-refractivity contribution >= 4 is 23.3 Å². The number of amides is 1. The number of carbonyl (C=O) groups excluding carboxylic acids is 2. The van der Waals surface area contributed by atoms with Gasteiger partial charge in [0.2, 0.25) is 5.91 Å². The number of piperidine rings is 1. The Hall–Kier alpha value is -1.39. The van der Waals surface area contributed by atoms with Crippen LogP contribution in [0.2, 0.25) is 5.02 Å². The van der Waals surface area contributed by atoms with Crippen LogP contribution < -0.4 is 5.32 Å². The fraction of sp³-hybridized carbons (Fsp3) is 0.529. The summed E-state index contributed by atoms with van der Waals surface area (Å²) in [6.45, 7) is 3.94. The maximum absolute atomic E-state index is 12.5. The number of Topliss-reactive ketones (excluding diaryl/α,β-unsaturated/α-hetero) is 1. The van der Waals surface area contributed by atoms with Crippen LogP contribution in [0.1, 0.15) is 30.1 Å². The number of hydrogen-bond donors (Lipinski definition) is 1. The second kappa shape index (κ2) is 7.75. The predicted octanol–water partition coefficient (Wildman–Crippen LogP) is 2.62. The highest BCUT2D eigenvalue weighted by Gasteiger charge is 2.29. The normalized spacial score (nSPS) is 17.3. The van der Waals surface area contributed by atoms with E-state index in [9.17, 15) is 9.59 Å². The minimum absolute atomic E-state index is 0.00447. The monoisotopic (exact) mass is 322 g/mol. The summed E-state index contributed by atoms with van der Waals surface area (Å²) in [6, 6.07) is 7.04. The summed E-state index contributed by atoms with van der Waals surface area (Å²) >= 11 is 5.85. The first kappa shape index (κ1) is 17.0. The molecule has 22 heavy (non-hydrogen) atoms. The summed E-state index contributed by atoms with van der Waals surface area (Å²) in [4.78, 5) is 26.6. The molecule has 1 heterocycles. The molecule has 120 valence electrons. The number of ketones is 1. The van der Waals surface area contributed by atoms with Gasteiger partial charge in [-0.25, -0.2) is 0 Å². The molecule has 1 aromatic rings. The maximum Gasteiger partial charge on any atom is 0.226 e. The number of carbonyl (C=O) groups is 2. The quantitative estimate of drug-likeness (QED) is 0.848. The zero-order chi connectivity index (χ0) is 16.1. The van der Waals surface area contributed by atoms with Crippen molar-refractivity contribution in [1.82, 2.24) is 10.2 Å². The Balaban J connectivity index is 1.90. The molecule has 1 unspecified atom stereocenters. The molecule has 1 aliphatic rings. The van der Waals surface area contributed by atoms with Gasteiger partial charge < -0.3 is 10.2 Å². The summed E-state index contributed by atoms with van der Waals surface area (Å²) in [5.41, 5.74) is 0.706. The molecular formula is C17H23ClN2O2. The van der Waals surface area contributed by atoms with Crippen molar-refractivity contribution in [3.05, 3.63) is 34.9 Å². The van der Waals surface area contributed by atoms with Crippen LogP contribution in [-0.2, 0) is 4.79 Å². The fourth-order valence-electron chi connectivity index (χ4n) is 2.92. The predicted molar refractivity (Wildman–Crippen MR) is 88.2 cm³/mol. The van der Waals surface area contributed by atoms with Gasteiger partial charge in [-0.05, 0) is 44.2 Å². The van der Waals surface area contributed by atoms with Gasteiger partial charge >= 0.3 is 0 Å². The Labute approximate surface area is 136 Å². The molecule has 0 aromatic heterocycles. The molecule has 1 aromatic carbocycles. The van der Waals surface area contributed by atoms with E-state index in [-0.39, 0.29) is 23.5 Å². The molecule has 0 saturated carbocycles. The first-order valence-corrected chi connectivity index (χ1v) is 8.14. The van der Waals surface area contributed by atoms with Crippen molar-refractivity contribution in [2.45, 2.75) is 19.8 Å². The fourth-order valence-corrected chi connectivity index (χ4v) is 3.04. The minimum Gasteiger partial charge on any atom is -0.342 e. The van der Waals surface area contributed by atoms with Crippen LogP contribution in [0.4, 0.5) is 0 Å². The van der Waals surface area contributed by atoms with E-state index in [1.54, 1.807) is 24.3 Å². The van der Waals surface area contributed by atoms with Crippen molar-refractivity contribution in [1.29, 1.82) is 0 Å². The number of rotatable bonds is 5. The molecule has 0 radical (unpaired) electrons. The van der Waals surface area contributed by atoms with Gasteiger partial charge in [0.25, 0.3) is 0 Å². The van der Waals surface area contributed by atoms with Crippen molar-refractivity contribution in [2.75, 3.05) is 26.7 Å². The van der Waals surface area contributed by atoms with Crippen LogP contribution in [0.25, 0.3) is 0 Å².